The molecule has 0 saturated carbocycles. The predicted molar refractivity (Wildman–Crippen MR) is 362 cm³/mol. The summed E-state index contributed by atoms with van der Waals surface area (Å²) in [6, 6.07) is 84.1. The van der Waals surface area contributed by atoms with Crippen molar-refractivity contribution in [2.75, 3.05) is 0 Å². The molecule has 0 bridgehead atoms. The summed E-state index contributed by atoms with van der Waals surface area (Å²) in [5.41, 5.74) is 5.08. The first-order valence-electron chi connectivity index (χ1n) is 28.9. The van der Waals surface area contributed by atoms with Gasteiger partial charge in [0.2, 0.25) is 0 Å². The van der Waals surface area contributed by atoms with Gasteiger partial charge in [-0.05, 0) is 75.1 Å². The van der Waals surface area contributed by atoms with Gasteiger partial charge in [0.1, 0.15) is 0 Å². The molecule has 2 aliphatic heterocycles. The Hall–Kier alpha value is -10.5. The van der Waals surface area contributed by atoms with Crippen molar-refractivity contribution >= 4 is 123 Å². The maximum Gasteiger partial charge on any atom is 3.00 e. The van der Waals surface area contributed by atoms with E-state index in [1.165, 1.54) is 19.3 Å². The van der Waals surface area contributed by atoms with E-state index < -0.39 is 0 Å². The predicted octanol–water partition coefficient (Wildman–Crippen LogP) is 18.1. The molecule has 2 heterocycles. The molecule has 8 nitrogen and oxygen atoms in total. The zero-order valence-electron chi connectivity index (χ0n) is 48.3. The minimum atomic E-state index is -0.274. The van der Waals surface area contributed by atoms with Crippen LogP contribution in [0.2, 0.25) is 0 Å². The number of allylic oxidation sites excluding steroid dienone is 2. The molecule has 0 aromatic heterocycles. The molecule has 0 spiro atoms. The Balaban J connectivity index is 0.000000125. The van der Waals surface area contributed by atoms with Crippen molar-refractivity contribution in [1.82, 2.24) is 0 Å². The number of carbonyl (C=O) groups excluding carboxylic acids is 6. The van der Waals surface area contributed by atoms with Crippen LogP contribution in [-0.4, -0.2) is 34.7 Å². The van der Waals surface area contributed by atoms with Crippen LogP contribution in [0.3, 0.4) is 0 Å². The molecule has 0 amide bonds. The first kappa shape index (κ1) is 61.1. The number of ketones is 6. The maximum absolute atomic E-state index is 12.5. The normalized spacial score (nSPS) is 11.3. The fourth-order valence-electron chi connectivity index (χ4n) is 10.6. The van der Waals surface area contributed by atoms with Gasteiger partial charge in [-0.1, -0.05) is 307 Å². The fraction of sp³-hybridized carbons (Fsp3) is 0. The number of hydrogen-bond donors (Lipinski definition) is 0. The van der Waals surface area contributed by atoms with Gasteiger partial charge in [-0.2, -0.15) is 12.4 Å². The molecule has 15 rings (SSSR count). The molecular formula is C81H53EuN2O6-2. The average Bonchev–Trinajstić information content (AvgIpc) is 3.00. The van der Waals surface area contributed by atoms with E-state index in [2.05, 4.69) is 34.9 Å². The second-order valence-corrected chi connectivity index (χ2v) is 21.2. The standard InChI is InChI=1S/3C23H15O2.C12H8N2.Eu/c3*24-22(20-11-9-16-5-1-3-7-18(16)13-20)15-23(25)21-12-10-17-6-2-4-8-19(17)14-21;1-3-9-5-6-10-4-2-8-14-12(10)11(9)13-7-1;/h3*1-15H;1-8H;/q3*-1;-2;+3. The molecule has 0 atom stereocenters. The number of rotatable bonds is 12. The van der Waals surface area contributed by atoms with Gasteiger partial charge >= 0.3 is 49.4 Å². The number of carbonyl (C=O) groups is 6. The third-order valence-electron chi connectivity index (χ3n) is 15.3. The van der Waals surface area contributed by atoms with Gasteiger partial charge in [-0.15, -0.1) is 47.8 Å². The van der Waals surface area contributed by atoms with Crippen LogP contribution in [0.15, 0.2) is 291 Å². The Kier molecular flexibility index (Phi) is 19.4. The van der Waals surface area contributed by atoms with Crippen molar-refractivity contribution in [1.29, 1.82) is 0 Å². The summed E-state index contributed by atoms with van der Waals surface area (Å²) in [5, 5.41) is 23.3. The summed E-state index contributed by atoms with van der Waals surface area (Å²) < 4.78 is 0. The van der Waals surface area contributed by atoms with Crippen LogP contribution in [0.1, 0.15) is 62.1 Å². The molecule has 432 valence electrons. The summed E-state index contributed by atoms with van der Waals surface area (Å²) in [5.74, 6) is -1.64. The van der Waals surface area contributed by atoms with E-state index in [-0.39, 0.29) is 84.1 Å². The van der Waals surface area contributed by atoms with Crippen LogP contribution in [-0.2, 0) is 0 Å². The zero-order chi connectivity index (χ0) is 61.1. The summed E-state index contributed by atoms with van der Waals surface area (Å²) in [4.78, 5) is 74.8. The smallest absolute Gasteiger partial charge is 0.665 e. The van der Waals surface area contributed by atoms with Gasteiger partial charge in [0, 0.05) is 0 Å². The molecule has 0 saturated heterocycles. The van der Waals surface area contributed by atoms with Crippen molar-refractivity contribution in [2.45, 2.75) is 0 Å². The molecular weight excluding hydrogens is 1250 g/mol. The van der Waals surface area contributed by atoms with Crippen LogP contribution in [0, 0.1) is 68.6 Å². The number of Topliss-reactive ketones (excluding diaryl/α,β-unsaturated/α-hetero) is 6. The Morgan fingerprint density at radius 3 is 0.622 bits per heavy atom. The molecule has 0 fully saturated rings. The Morgan fingerprint density at radius 1 is 0.233 bits per heavy atom. The first-order chi connectivity index (χ1) is 43.6. The topological polar surface area (TPSA) is 131 Å². The number of hydrogen-bond acceptors (Lipinski definition) is 6. The van der Waals surface area contributed by atoms with Gasteiger partial charge in [0.15, 0.2) is 0 Å². The Morgan fingerprint density at radius 2 is 0.422 bits per heavy atom. The maximum atomic E-state index is 12.5. The third kappa shape index (κ3) is 14.5. The van der Waals surface area contributed by atoms with Gasteiger partial charge in [-0.25, -0.2) is 0 Å². The van der Waals surface area contributed by atoms with E-state index in [1.54, 1.807) is 48.8 Å². The van der Waals surface area contributed by atoms with E-state index in [4.69, 9.17) is 0 Å². The van der Waals surface area contributed by atoms with Crippen LogP contribution in [0.5, 0.6) is 0 Å². The number of nitrogens with zero attached hydrogens (tertiary/aromatic N) is 2. The minimum Gasteiger partial charge on any atom is -0.665 e. The second kappa shape index (κ2) is 28.5. The monoisotopic (exact) mass is 1300 g/mol. The van der Waals surface area contributed by atoms with E-state index in [9.17, 15) is 28.8 Å². The SMILES string of the molecule is C1=C[N-]c2c3c(ccc2=C1)=CC=C[N-]3.O=C([CH-]C(=O)c1ccc2ccccc2c1)c1ccc2ccccc2c1.O=C([CH-]C(=O)c1ccc2ccccc2c1)c1ccc2ccccc2c1.O=C([CH-]C(=O)c1ccc2ccccc2c1)c1ccc2ccccc2c1.[Eu+3]. The molecule has 13 aromatic carbocycles. The Bertz CT molecular complexity index is 4410. The van der Waals surface area contributed by atoms with Crippen LogP contribution >= 0.6 is 0 Å². The fourth-order valence-corrected chi connectivity index (χ4v) is 10.6. The summed E-state index contributed by atoms with van der Waals surface area (Å²) in [7, 11) is 0. The van der Waals surface area contributed by atoms with Crippen LogP contribution < -0.4 is 10.4 Å². The van der Waals surface area contributed by atoms with Crippen molar-refractivity contribution in [3.05, 3.63) is 365 Å². The van der Waals surface area contributed by atoms with E-state index in [0.29, 0.717) is 33.4 Å². The minimum absolute atomic E-state index is 0. The van der Waals surface area contributed by atoms with Crippen molar-refractivity contribution in [2.24, 2.45) is 0 Å². The van der Waals surface area contributed by atoms with E-state index >= 15 is 0 Å². The van der Waals surface area contributed by atoms with Crippen molar-refractivity contribution < 1.29 is 78.1 Å². The van der Waals surface area contributed by atoms with Gasteiger partial charge in [0.05, 0.1) is 34.7 Å². The van der Waals surface area contributed by atoms with Gasteiger partial charge < -0.3 is 39.4 Å². The third-order valence-corrected chi connectivity index (χ3v) is 15.3. The summed E-state index contributed by atoms with van der Waals surface area (Å²) in [6.07, 6.45) is 15.1. The first-order valence-corrected chi connectivity index (χ1v) is 28.9. The van der Waals surface area contributed by atoms with Crippen molar-refractivity contribution in [3.63, 3.8) is 0 Å². The molecule has 0 aliphatic carbocycles. The zero-order valence-corrected chi connectivity index (χ0v) is 50.7. The van der Waals surface area contributed by atoms with Crippen LogP contribution in [0.25, 0.3) is 87.4 Å². The molecule has 0 radical (unpaired) electrons. The average molecular weight is 1300 g/mol. The quantitative estimate of drug-likeness (QED) is 0.0680. The molecule has 2 aliphatic rings. The summed E-state index contributed by atoms with van der Waals surface area (Å²) >= 11 is 0. The van der Waals surface area contributed by atoms with Crippen LogP contribution in [0.4, 0.5) is 11.4 Å². The van der Waals surface area contributed by atoms with Gasteiger partial charge in [-0.3, -0.25) is 0 Å². The molecule has 9 heteroatoms. The van der Waals surface area contributed by atoms with E-state index in [0.717, 1.165) is 86.4 Å². The van der Waals surface area contributed by atoms with Gasteiger partial charge in [0.25, 0.3) is 0 Å². The molecule has 0 N–H and O–H groups in total. The summed E-state index contributed by atoms with van der Waals surface area (Å²) in [6.45, 7) is 0. The second-order valence-electron chi connectivity index (χ2n) is 21.2. The van der Waals surface area contributed by atoms with E-state index in [1.807, 2.05) is 231 Å². The Labute approximate surface area is 561 Å². The molecule has 13 aromatic rings. The number of fused-ring (bicyclic) bond motifs is 9. The number of benzene rings is 13. The molecule has 90 heavy (non-hydrogen) atoms. The largest absolute Gasteiger partial charge is 3.00 e. The molecule has 0 unspecified atom stereocenters. The van der Waals surface area contributed by atoms with Crippen molar-refractivity contribution in [3.8, 4) is 0 Å².